The first-order chi connectivity index (χ1) is 18.7. The van der Waals surface area contributed by atoms with Gasteiger partial charge < -0.3 is 10.2 Å². The minimum Gasteiger partial charge on any atom is -0.350 e. The van der Waals surface area contributed by atoms with Crippen molar-refractivity contribution < 1.29 is 18.0 Å². The van der Waals surface area contributed by atoms with Crippen molar-refractivity contribution in [1.29, 1.82) is 0 Å². The molecule has 11 heteroatoms. The number of carbonyl (C=O) groups excluding carboxylic acids is 2. The third kappa shape index (κ3) is 8.34. The average molecular weight is 716 g/mol. The number of benzene rings is 3. The van der Waals surface area contributed by atoms with Gasteiger partial charge in [0.1, 0.15) is 12.6 Å². The van der Waals surface area contributed by atoms with Crippen LogP contribution in [0.15, 0.2) is 77.7 Å². The Balaban J connectivity index is 2.08. The number of sulfonamides is 1. The van der Waals surface area contributed by atoms with Crippen molar-refractivity contribution in [2.45, 2.75) is 57.1 Å². The second-order valence-electron chi connectivity index (χ2n) is 10.2. The van der Waals surface area contributed by atoms with Crippen molar-refractivity contribution in [3.63, 3.8) is 0 Å². The maximum absolute atomic E-state index is 14.1. The molecule has 0 aliphatic heterocycles. The van der Waals surface area contributed by atoms with Crippen LogP contribution in [0.25, 0.3) is 0 Å². The van der Waals surface area contributed by atoms with E-state index in [9.17, 15) is 18.0 Å². The van der Waals surface area contributed by atoms with Gasteiger partial charge in [-0.3, -0.25) is 13.9 Å². The lowest BCUT2D eigenvalue weighted by Crippen LogP contribution is -2.55. The molecule has 0 bridgehead atoms. The lowest BCUT2D eigenvalue weighted by Gasteiger charge is -2.35. The molecule has 0 aliphatic rings. The van der Waals surface area contributed by atoms with Crippen LogP contribution < -0.4 is 9.62 Å². The number of rotatable bonds is 10. The number of halogens is 3. The second-order valence-corrected chi connectivity index (χ2v) is 14.2. The zero-order valence-electron chi connectivity index (χ0n) is 22.7. The number of anilines is 1. The summed E-state index contributed by atoms with van der Waals surface area (Å²) in [5.74, 6) is -0.903. The fraction of sp³-hybridized carbons (Fsp3) is 0.310. The molecule has 2 amide bonds. The molecule has 3 aromatic carbocycles. The van der Waals surface area contributed by atoms with Crippen LogP contribution in [0.4, 0.5) is 5.69 Å². The van der Waals surface area contributed by atoms with E-state index >= 15 is 0 Å². The predicted molar refractivity (Wildman–Crippen MR) is 169 cm³/mol. The summed E-state index contributed by atoms with van der Waals surface area (Å²) in [4.78, 5) is 28.9. The van der Waals surface area contributed by atoms with Gasteiger partial charge in [0.05, 0.1) is 10.6 Å². The molecule has 1 atom stereocenters. The van der Waals surface area contributed by atoms with E-state index in [4.69, 9.17) is 23.2 Å². The van der Waals surface area contributed by atoms with Crippen molar-refractivity contribution in [2.75, 3.05) is 10.8 Å². The highest BCUT2D eigenvalue weighted by atomic mass is 127. The van der Waals surface area contributed by atoms with Gasteiger partial charge >= 0.3 is 0 Å². The molecular weight excluding hydrogens is 684 g/mol. The van der Waals surface area contributed by atoms with Crippen LogP contribution in [0, 0.1) is 3.57 Å². The minimum atomic E-state index is -4.12. The van der Waals surface area contributed by atoms with Gasteiger partial charge in [0.2, 0.25) is 11.8 Å². The Morgan fingerprint density at radius 3 is 2.15 bits per heavy atom. The SMILES string of the molecule is CC[C@H](C(=O)NC(C)(C)C)N(Cc1ccc(Cl)cc1Cl)C(=O)CN(c1ccc(I)cc1)S(=O)(=O)c1ccccc1. The average Bonchev–Trinajstić information content (AvgIpc) is 2.88. The molecule has 0 radical (unpaired) electrons. The summed E-state index contributed by atoms with van der Waals surface area (Å²) in [6, 6.07) is 18.8. The minimum absolute atomic E-state index is 0.0170. The molecule has 0 saturated heterocycles. The quantitative estimate of drug-likeness (QED) is 0.243. The number of nitrogens with zero attached hydrogens (tertiary/aromatic N) is 2. The molecule has 1 N–H and O–H groups in total. The van der Waals surface area contributed by atoms with Crippen LogP contribution in [-0.2, 0) is 26.2 Å². The summed E-state index contributed by atoms with van der Waals surface area (Å²) < 4.78 is 29.6. The maximum Gasteiger partial charge on any atom is 0.264 e. The highest BCUT2D eigenvalue weighted by Crippen LogP contribution is 2.27. The van der Waals surface area contributed by atoms with E-state index in [0.717, 1.165) is 7.88 Å². The van der Waals surface area contributed by atoms with Crippen molar-refractivity contribution in [2.24, 2.45) is 0 Å². The van der Waals surface area contributed by atoms with Crippen LogP contribution in [-0.4, -0.2) is 43.3 Å². The number of carbonyl (C=O) groups is 2. The van der Waals surface area contributed by atoms with Crippen LogP contribution in [0.1, 0.15) is 39.7 Å². The first-order valence-corrected chi connectivity index (χ1v) is 15.9. The van der Waals surface area contributed by atoms with Gasteiger partial charge in [0, 0.05) is 25.7 Å². The Morgan fingerprint density at radius 1 is 0.975 bits per heavy atom. The van der Waals surface area contributed by atoms with Gasteiger partial charge in [-0.25, -0.2) is 8.42 Å². The van der Waals surface area contributed by atoms with Crippen molar-refractivity contribution in [1.82, 2.24) is 10.2 Å². The fourth-order valence-corrected chi connectivity index (χ4v) is 6.32. The summed E-state index contributed by atoms with van der Waals surface area (Å²) in [6.07, 6.45) is 0.299. The van der Waals surface area contributed by atoms with E-state index in [-0.39, 0.29) is 17.3 Å². The van der Waals surface area contributed by atoms with Crippen molar-refractivity contribution in [3.8, 4) is 0 Å². The van der Waals surface area contributed by atoms with Crippen molar-refractivity contribution >= 4 is 73.3 Å². The normalized spacial score (nSPS) is 12.5. The van der Waals surface area contributed by atoms with Crippen molar-refractivity contribution in [3.05, 3.63) is 92.0 Å². The first kappa shape index (κ1) is 32.2. The van der Waals surface area contributed by atoms with E-state index in [1.807, 2.05) is 20.8 Å². The molecular formula is C29H32Cl2IN3O4S. The Hall–Kier alpha value is -2.34. The molecule has 0 aromatic heterocycles. The smallest absolute Gasteiger partial charge is 0.264 e. The van der Waals surface area contributed by atoms with Gasteiger partial charge in [-0.2, -0.15) is 0 Å². The number of hydrogen-bond donors (Lipinski definition) is 1. The molecule has 0 spiro atoms. The number of hydrogen-bond acceptors (Lipinski definition) is 4. The van der Waals surface area contributed by atoms with Crippen LogP contribution >= 0.6 is 45.8 Å². The highest BCUT2D eigenvalue weighted by molar-refractivity contribution is 14.1. The van der Waals surface area contributed by atoms with Crippen LogP contribution in [0.3, 0.4) is 0 Å². The largest absolute Gasteiger partial charge is 0.350 e. The van der Waals surface area contributed by atoms with E-state index < -0.39 is 34.1 Å². The zero-order valence-corrected chi connectivity index (χ0v) is 27.2. The maximum atomic E-state index is 14.1. The number of nitrogens with one attached hydrogen (secondary N) is 1. The summed E-state index contributed by atoms with van der Waals surface area (Å²) >= 11 is 14.7. The molecule has 214 valence electrons. The van der Waals surface area contributed by atoms with Gasteiger partial charge in [0.25, 0.3) is 10.0 Å². The molecule has 0 fully saturated rings. The van der Waals surface area contributed by atoms with Gasteiger partial charge in [-0.05, 0) is 104 Å². The summed E-state index contributed by atoms with van der Waals surface area (Å²) in [6.45, 7) is 6.81. The van der Waals surface area contributed by atoms with Crippen LogP contribution in [0.2, 0.25) is 10.0 Å². The fourth-order valence-electron chi connectivity index (χ4n) is 4.06. The molecule has 3 aromatic rings. The number of amides is 2. The first-order valence-electron chi connectivity index (χ1n) is 12.6. The molecule has 0 unspecified atom stereocenters. The van der Waals surface area contributed by atoms with Gasteiger partial charge in [-0.15, -0.1) is 0 Å². The van der Waals surface area contributed by atoms with E-state index in [0.29, 0.717) is 27.7 Å². The van der Waals surface area contributed by atoms with E-state index in [1.165, 1.54) is 17.0 Å². The Kier molecular flexibility index (Phi) is 10.9. The van der Waals surface area contributed by atoms with Crippen LogP contribution in [0.5, 0.6) is 0 Å². The molecule has 3 rings (SSSR count). The van der Waals surface area contributed by atoms with Gasteiger partial charge in [-0.1, -0.05) is 54.4 Å². The third-order valence-corrected chi connectivity index (χ3v) is 9.06. The highest BCUT2D eigenvalue weighted by Gasteiger charge is 2.34. The monoisotopic (exact) mass is 715 g/mol. The summed E-state index contributed by atoms with van der Waals surface area (Å²) in [5, 5.41) is 3.71. The third-order valence-electron chi connectivity index (χ3n) is 5.96. The topological polar surface area (TPSA) is 86.8 Å². The predicted octanol–water partition coefficient (Wildman–Crippen LogP) is 6.52. The second kappa shape index (κ2) is 13.5. The lowest BCUT2D eigenvalue weighted by atomic mass is 10.1. The lowest BCUT2D eigenvalue weighted by molar-refractivity contribution is -0.141. The summed E-state index contributed by atoms with van der Waals surface area (Å²) in [7, 11) is -4.12. The van der Waals surface area contributed by atoms with E-state index in [2.05, 4.69) is 27.9 Å². The Labute approximate surface area is 260 Å². The Bertz CT molecular complexity index is 1450. The van der Waals surface area contributed by atoms with E-state index in [1.54, 1.807) is 67.6 Å². The summed E-state index contributed by atoms with van der Waals surface area (Å²) in [5.41, 5.74) is 0.364. The molecule has 7 nitrogen and oxygen atoms in total. The molecule has 0 saturated carbocycles. The van der Waals surface area contributed by atoms with Gasteiger partial charge in [0.15, 0.2) is 0 Å². The Morgan fingerprint density at radius 2 is 1.60 bits per heavy atom. The molecule has 0 heterocycles. The molecule has 40 heavy (non-hydrogen) atoms. The molecule has 0 aliphatic carbocycles. The standard InChI is InChI=1S/C29H32Cl2IN3O4S/c1-5-26(28(37)33-29(2,3)4)34(18-20-11-12-21(30)17-25(20)31)27(36)19-35(23-15-13-22(32)14-16-23)40(38,39)24-9-7-6-8-10-24/h6-17,26H,5,18-19H2,1-4H3,(H,33,37)/t26-/m1/s1. The zero-order chi connectivity index (χ0) is 29.7.